The molecule has 6 heteroatoms. The Kier molecular flexibility index (Phi) is 5.31. The molecule has 6 nitrogen and oxygen atoms in total. The zero-order valence-electron chi connectivity index (χ0n) is 18.1. The van der Waals surface area contributed by atoms with E-state index in [4.69, 9.17) is 5.73 Å². The van der Waals surface area contributed by atoms with E-state index in [-0.39, 0.29) is 12.5 Å². The third-order valence-corrected chi connectivity index (χ3v) is 6.89. The summed E-state index contributed by atoms with van der Waals surface area (Å²) in [7, 11) is 0. The Balaban J connectivity index is 1.38. The quantitative estimate of drug-likeness (QED) is 0.678. The fourth-order valence-corrected chi connectivity index (χ4v) is 5.26. The Hall–Kier alpha value is -3.38. The molecule has 5 rings (SSSR count). The molecule has 164 valence electrons. The van der Waals surface area contributed by atoms with Gasteiger partial charge in [0.25, 0.3) is 0 Å². The van der Waals surface area contributed by atoms with Crippen molar-refractivity contribution in [2.45, 2.75) is 24.9 Å². The SMILES string of the molecule is NC(=O)CN1CN(c2ccccc2)C2(CCN(Cc3cccc4ccccc34)CC2)C1=O. The van der Waals surface area contributed by atoms with Gasteiger partial charge in [0.2, 0.25) is 11.8 Å². The lowest BCUT2D eigenvalue weighted by Crippen LogP contribution is -2.56. The second-order valence-corrected chi connectivity index (χ2v) is 8.82. The topological polar surface area (TPSA) is 69.9 Å². The number of hydrogen-bond donors (Lipinski definition) is 1. The van der Waals surface area contributed by atoms with Gasteiger partial charge in [0.1, 0.15) is 12.1 Å². The van der Waals surface area contributed by atoms with E-state index in [1.54, 1.807) is 4.90 Å². The average molecular weight is 429 g/mol. The van der Waals surface area contributed by atoms with Crippen molar-refractivity contribution in [1.82, 2.24) is 9.80 Å². The van der Waals surface area contributed by atoms with Crippen LogP contribution in [0.15, 0.2) is 72.8 Å². The molecule has 0 aliphatic carbocycles. The summed E-state index contributed by atoms with van der Waals surface area (Å²) in [5.74, 6) is -0.457. The molecule has 2 saturated heterocycles. The molecule has 2 N–H and O–H groups in total. The van der Waals surface area contributed by atoms with E-state index < -0.39 is 11.4 Å². The van der Waals surface area contributed by atoms with Crippen molar-refractivity contribution < 1.29 is 9.59 Å². The summed E-state index contributed by atoms with van der Waals surface area (Å²) >= 11 is 0. The molecule has 1 spiro atoms. The Labute approximate surface area is 188 Å². The molecule has 0 saturated carbocycles. The van der Waals surface area contributed by atoms with E-state index in [1.807, 2.05) is 30.3 Å². The van der Waals surface area contributed by atoms with Crippen molar-refractivity contribution in [3.63, 3.8) is 0 Å². The van der Waals surface area contributed by atoms with Crippen LogP contribution in [0, 0.1) is 0 Å². The second kappa shape index (κ2) is 8.28. The van der Waals surface area contributed by atoms with Crippen LogP contribution in [0.2, 0.25) is 0 Å². The van der Waals surface area contributed by atoms with Crippen molar-refractivity contribution in [3.05, 3.63) is 78.4 Å². The van der Waals surface area contributed by atoms with Crippen LogP contribution in [0.25, 0.3) is 10.8 Å². The molecule has 32 heavy (non-hydrogen) atoms. The highest BCUT2D eigenvalue weighted by Crippen LogP contribution is 2.39. The number of likely N-dealkylation sites (tertiary alicyclic amines) is 1. The van der Waals surface area contributed by atoms with Crippen LogP contribution in [0.1, 0.15) is 18.4 Å². The highest BCUT2D eigenvalue weighted by Gasteiger charge is 2.53. The molecule has 2 aliphatic heterocycles. The summed E-state index contributed by atoms with van der Waals surface area (Å²) < 4.78 is 0. The van der Waals surface area contributed by atoms with Crippen LogP contribution < -0.4 is 10.6 Å². The number of amides is 2. The van der Waals surface area contributed by atoms with Gasteiger partial charge in [-0.05, 0) is 41.3 Å². The molecule has 2 aliphatic rings. The summed E-state index contributed by atoms with van der Waals surface area (Å²) in [4.78, 5) is 31.3. The molecule has 0 atom stereocenters. The minimum absolute atomic E-state index is 0.0185. The third kappa shape index (κ3) is 3.60. The molecule has 0 radical (unpaired) electrons. The number of carbonyl (C=O) groups excluding carboxylic acids is 2. The van der Waals surface area contributed by atoms with E-state index in [0.29, 0.717) is 6.67 Å². The number of hydrogen-bond acceptors (Lipinski definition) is 4. The summed E-state index contributed by atoms with van der Waals surface area (Å²) in [6.45, 7) is 2.87. The van der Waals surface area contributed by atoms with Gasteiger partial charge in [0, 0.05) is 25.3 Å². The molecule has 2 heterocycles. The fourth-order valence-electron chi connectivity index (χ4n) is 5.26. The Morgan fingerprint density at radius 1 is 0.906 bits per heavy atom. The molecular weight excluding hydrogens is 400 g/mol. The number of piperidine rings is 1. The smallest absolute Gasteiger partial charge is 0.250 e. The number of para-hydroxylation sites is 1. The zero-order chi connectivity index (χ0) is 22.1. The summed E-state index contributed by atoms with van der Waals surface area (Å²) in [6.07, 6.45) is 1.45. The van der Waals surface area contributed by atoms with Crippen LogP contribution >= 0.6 is 0 Å². The molecule has 2 amide bonds. The van der Waals surface area contributed by atoms with Gasteiger partial charge in [0.05, 0.1) is 6.67 Å². The Bertz CT molecular complexity index is 1130. The Morgan fingerprint density at radius 2 is 1.59 bits per heavy atom. The van der Waals surface area contributed by atoms with Gasteiger partial charge in [-0.1, -0.05) is 60.7 Å². The fraction of sp³-hybridized carbons (Fsp3) is 0.308. The van der Waals surface area contributed by atoms with Gasteiger partial charge < -0.3 is 15.5 Å². The average Bonchev–Trinajstić information content (AvgIpc) is 3.07. The normalized spacial score (nSPS) is 18.6. The van der Waals surface area contributed by atoms with Crippen molar-refractivity contribution in [1.29, 1.82) is 0 Å². The number of benzene rings is 3. The van der Waals surface area contributed by atoms with Crippen molar-refractivity contribution in [2.75, 3.05) is 31.2 Å². The first-order valence-electron chi connectivity index (χ1n) is 11.2. The van der Waals surface area contributed by atoms with Crippen molar-refractivity contribution >= 4 is 28.3 Å². The van der Waals surface area contributed by atoms with E-state index in [1.165, 1.54) is 16.3 Å². The number of carbonyl (C=O) groups is 2. The summed E-state index contributed by atoms with van der Waals surface area (Å²) in [6, 6.07) is 24.9. The van der Waals surface area contributed by atoms with E-state index >= 15 is 0 Å². The molecule has 3 aromatic carbocycles. The third-order valence-electron chi connectivity index (χ3n) is 6.89. The summed E-state index contributed by atoms with van der Waals surface area (Å²) in [5.41, 5.74) is 7.13. The zero-order valence-corrected chi connectivity index (χ0v) is 18.1. The van der Waals surface area contributed by atoms with Gasteiger partial charge in [-0.3, -0.25) is 14.5 Å². The maximum Gasteiger partial charge on any atom is 0.250 e. The van der Waals surface area contributed by atoms with E-state index in [0.717, 1.165) is 38.2 Å². The van der Waals surface area contributed by atoms with Crippen LogP contribution in [-0.4, -0.2) is 53.5 Å². The lowest BCUT2D eigenvalue weighted by molar-refractivity contribution is -0.136. The van der Waals surface area contributed by atoms with Crippen LogP contribution in [-0.2, 0) is 16.1 Å². The monoisotopic (exact) mass is 428 g/mol. The molecular formula is C26H28N4O2. The highest BCUT2D eigenvalue weighted by atomic mass is 16.2. The lowest BCUT2D eigenvalue weighted by atomic mass is 9.85. The maximum absolute atomic E-state index is 13.5. The van der Waals surface area contributed by atoms with Crippen molar-refractivity contribution in [2.24, 2.45) is 5.73 Å². The van der Waals surface area contributed by atoms with Gasteiger partial charge in [0.15, 0.2) is 0 Å². The molecule has 0 aromatic heterocycles. The van der Waals surface area contributed by atoms with Crippen LogP contribution in [0.5, 0.6) is 0 Å². The van der Waals surface area contributed by atoms with Gasteiger partial charge in [-0.2, -0.15) is 0 Å². The lowest BCUT2D eigenvalue weighted by Gasteiger charge is -2.43. The largest absolute Gasteiger partial charge is 0.368 e. The molecule has 0 bridgehead atoms. The standard InChI is InChI=1S/C26H28N4O2/c27-24(31)18-29-19-30(22-10-2-1-3-11-22)26(25(29)32)13-15-28(16-14-26)17-21-9-6-8-20-7-4-5-12-23(20)21/h1-12H,13-19H2,(H2,27,31). The highest BCUT2D eigenvalue weighted by molar-refractivity contribution is 5.96. The van der Waals surface area contributed by atoms with E-state index in [9.17, 15) is 9.59 Å². The summed E-state index contributed by atoms with van der Waals surface area (Å²) in [5, 5.41) is 2.53. The number of nitrogens with zero attached hydrogens (tertiary/aromatic N) is 3. The van der Waals surface area contributed by atoms with Gasteiger partial charge in [-0.25, -0.2) is 0 Å². The number of rotatable bonds is 5. The van der Waals surface area contributed by atoms with Gasteiger partial charge >= 0.3 is 0 Å². The maximum atomic E-state index is 13.5. The minimum Gasteiger partial charge on any atom is -0.368 e. The number of anilines is 1. The molecule has 3 aromatic rings. The predicted octanol–water partition coefficient (Wildman–Crippen LogP) is 2.97. The first kappa shape index (κ1) is 20.5. The number of nitrogens with two attached hydrogens (primary N) is 1. The number of primary amides is 1. The predicted molar refractivity (Wildman–Crippen MR) is 126 cm³/mol. The van der Waals surface area contributed by atoms with Crippen LogP contribution in [0.4, 0.5) is 5.69 Å². The Morgan fingerprint density at radius 3 is 2.34 bits per heavy atom. The first-order valence-corrected chi connectivity index (χ1v) is 11.2. The number of fused-ring (bicyclic) bond motifs is 1. The van der Waals surface area contributed by atoms with Crippen LogP contribution in [0.3, 0.4) is 0 Å². The van der Waals surface area contributed by atoms with Crippen molar-refractivity contribution in [3.8, 4) is 0 Å². The van der Waals surface area contributed by atoms with Gasteiger partial charge in [-0.15, -0.1) is 0 Å². The second-order valence-electron chi connectivity index (χ2n) is 8.82. The minimum atomic E-state index is -0.619. The molecule has 0 unspecified atom stereocenters. The molecule has 2 fully saturated rings. The first-order chi connectivity index (χ1) is 15.6. The van der Waals surface area contributed by atoms with E-state index in [2.05, 4.69) is 52.3 Å².